The minimum absolute atomic E-state index is 0.0693. The van der Waals surface area contributed by atoms with Crippen molar-refractivity contribution in [2.75, 3.05) is 23.3 Å². The Morgan fingerprint density at radius 3 is 2.50 bits per heavy atom. The molecule has 2 heterocycles. The fraction of sp³-hybridized carbons (Fsp3) is 0.263. The van der Waals surface area contributed by atoms with E-state index in [-0.39, 0.29) is 5.56 Å². The number of nitrogens with zero attached hydrogens (tertiary/aromatic N) is 2. The fourth-order valence-corrected chi connectivity index (χ4v) is 3.23. The van der Waals surface area contributed by atoms with E-state index < -0.39 is 0 Å². The summed E-state index contributed by atoms with van der Waals surface area (Å²) < 4.78 is 0. The smallest absolute Gasteiger partial charge is 0.260 e. The molecule has 0 spiro atoms. The minimum atomic E-state index is -0.0693. The van der Waals surface area contributed by atoms with Crippen LogP contribution in [0, 0.1) is 0 Å². The molecule has 0 unspecified atom stereocenters. The first-order valence-electron chi connectivity index (χ1n) is 8.35. The highest BCUT2D eigenvalue weighted by Crippen LogP contribution is 2.20. The second-order valence-corrected chi connectivity index (χ2v) is 6.18. The van der Waals surface area contributed by atoms with Gasteiger partial charge in [-0.05, 0) is 37.1 Å². The summed E-state index contributed by atoms with van der Waals surface area (Å²) >= 11 is 0. The zero-order chi connectivity index (χ0) is 16.4. The van der Waals surface area contributed by atoms with E-state index in [9.17, 15) is 4.79 Å². The molecule has 1 aliphatic rings. The predicted octanol–water partition coefficient (Wildman–Crippen LogP) is 3.00. The minimum Gasteiger partial charge on any atom is -0.382 e. The van der Waals surface area contributed by atoms with Gasteiger partial charge in [-0.1, -0.05) is 30.3 Å². The quantitative estimate of drug-likeness (QED) is 0.779. The molecule has 122 valence electrons. The number of para-hydroxylation sites is 2. The van der Waals surface area contributed by atoms with Crippen molar-refractivity contribution in [2.45, 2.75) is 18.9 Å². The maximum atomic E-state index is 12.2. The van der Waals surface area contributed by atoms with Crippen molar-refractivity contribution >= 4 is 22.5 Å². The highest BCUT2D eigenvalue weighted by Gasteiger charge is 2.21. The van der Waals surface area contributed by atoms with E-state index in [1.54, 1.807) is 6.07 Å². The van der Waals surface area contributed by atoms with Crippen LogP contribution >= 0.6 is 0 Å². The summed E-state index contributed by atoms with van der Waals surface area (Å²) in [5, 5.41) is 4.22. The Morgan fingerprint density at radius 2 is 1.71 bits per heavy atom. The van der Waals surface area contributed by atoms with Crippen molar-refractivity contribution in [3.8, 4) is 0 Å². The molecule has 3 aromatic rings. The molecule has 0 saturated carbocycles. The van der Waals surface area contributed by atoms with Gasteiger partial charge in [-0.15, -0.1) is 0 Å². The number of nitrogens with one attached hydrogen (secondary N) is 2. The Hall–Kier alpha value is -2.82. The molecule has 0 atom stereocenters. The number of H-pyrrole nitrogens is 1. The van der Waals surface area contributed by atoms with Gasteiger partial charge in [-0.25, -0.2) is 4.98 Å². The average Bonchev–Trinajstić information content (AvgIpc) is 2.63. The van der Waals surface area contributed by atoms with Crippen molar-refractivity contribution in [2.24, 2.45) is 0 Å². The number of aromatic amines is 1. The van der Waals surface area contributed by atoms with Crippen LogP contribution in [0.25, 0.3) is 10.9 Å². The SMILES string of the molecule is O=c1[nH]c(N2CCC(Nc3ccccc3)CC2)nc2ccccc12. The third kappa shape index (κ3) is 2.97. The Bertz CT molecular complexity index is 883. The molecule has 24 heavy (non-hydrogen) atoms. The molecule has 4 rings (SSSR count). The van der Waals surface area contributed by atoms with Crippen LogP contribution in [-0.2, 0) is 0 Å². The topological polar surface area (TPSA) is 61.0 Å². The Labute approximate surface area is 140 Å². The van der Waals surface area contributed by atoms with Gasteiger partial charge in [-0.2, -0.15) is 0 Å². The largest absolute Gasteiger partial charge is 0.382 e. The zero-order valence-electron chi connectivity index (χ0n) is 13.4. The third-order valence-electron chi connectivity index (χ3n) is 4.54. The van der Waals surface area contributed by atoms with E-state index in [1.165, 1.54) is 0 Å². The van der Waals surface area contributed by atoms with Gasteiger partial charge in [0.2, 0.25) is 5.95 Å². The van der Waals surface area contributed by atoms with Crippen molar-refractivity contribution in [1.29, 1.82) is 0 Å². The summed E-state index contributed by atoms with van der Waals surface area (Å²) in [4.78, 5) is 21.9. The number of aromatic nitrogens is 2. The lowest BCUT2D eigenvalue weighted by atomic mass is 10.0. The molecule has 5 nitrogen and oxygen atoms in total. The van der Waals surface area contributed by atoms with Crippen LogP contribution in [0.15, 0.2) is 59.4 Å². The molecule has 1 saturated heterocycles. The highest BCUT2D eigenvalue weighted by molar-refractivity contribution is 5.78. The molecule has 0 amide bonds. The molecule has 0 aliphatic carbocycles. The Kier molecular flexibility index (Phi) is 3.91. The van der Waals surface area contributed by atoms with Crippen molar-refractivity contribution in [3.63, 3.8) is 0 Å². The van der Waals surface area contributed by atoms with Crippen LogP contribution in [0.1, 0.15) is 12.8 Å². The standard InChI is InChI=1S/C19H20N4O/c24-18-16-8-4-5-9-17(16)21-19(22-18)23-12-10-15(11-13-23)20-14-6-2-1-3-7-14/h1-9,15,20H,10-13H2,(H,21,22,24). The molecule has 1 fully saturated rings. The highest BCUT2D eigenvalue weighted by atomic mass is 16.1. The fourth-order valence-electron chi connectivity index (χ4n) is 3.23. The van der Waals surface area contributed by atoms with Gasteiger partial charge in [0.25, 0.3) is 5.56 Å². The third-order valence-corrected chi connectivity index (χ3v) is 4.54. The van der Waals surface area contributed by atoms with Crippen LogP contribution in [-0.4, -0.2) is 29.1 Å². The van der Waals surface area contributed by atoms with Gasteiger partial charge >= 0.3 is 0 Å². The van der Waals surface area contributed by atoms with Gasteiger partial charge in [0.15, 0.2) is 0 Å². The molecular formula is C19H20N4O. The van der Waals surface area contributed by atoms with Gasteiger partial charge in [0.05, 0.1) is 10.9 Å². The maximum absolute atomic E-state index is 12.2. The summed E-state index contributed by atoms with van der Waals surface area (Å²) in [7, 11) is 0. The molecule has 2 aromatic carbocycles. The number of hydrogen-bond acceptors (Lipinski definition) is 4. The molecular weight excluding hydrogens is 300 g/mol. The number of rotatable bonds is 3. The number of benzene rings is 2. The summed E-state index contributed by atoms with van der Waals surface area (Å²) in [5.41, 5.74) is 1.84. The second-order valence-electron chi connectivity index (χ2n) is 6.18. The lowest BCUT2D eigenvalue weighted by Crippen LogP contribution is -2.40. The molecule has 1 aliphatic heterocycles. The predicted molar refractivity (Wildman–Crippen MR) is 97.7 cm³/mol. The summed E-state index contributed by atoms with van der Waals surface area (Å²) in [6.07, 6.45) is 2.04. The monoisotopic (exact) mass is 320 g/mol. The number of piperidine rings is 1. The van der Waals surface area contributed by atoms with Crippen LogP contribution < -0.4 is 15.8 Å². The number of fused-ring (bicyclic) bond motifs is 1. The van der Waals surface area contributed by atoms with E-state index in [2.05, 4.69) is 32.3 Å². The average molecular weight is 320 g/mol. The van der Waals surface area contributed by atoms with Crippen molar-refractivity contribution < 1.29 is 0 Å². The van der Waals surface area contributed by atoms with Crippen LogP contribution in [0.5, 0.6) is 0 Å². The van der Waals surface area contributed by atoms with Gasteiger partial charge in [0, 0.05) is 24.8 Å². The number of anilines is 2. The van der Waals surface area contributed by atoms with E-state index >= 15 is 0 Å². The Balaban J connectivity index is 1.47. The normalized spacial score (nSPS) is 15.6. The van der Waals surface area contributed by atoms with Gasteiger partial charge in [0.1, 0.15) is 0 Å². The summed E-state index contributed by atoms with van der Waals surface area (Å²) in [6, 6.07) is 18.2. The van der Waals surface area contributed by atoms with E-state index in [1.807, 2.05) is 36.4 Å². The van der Waals surface area contributed by atoms with Crippen molar-refractivity contribution in [3.05, 3.63) is 65.0 Å². The van der Waals surface area contributed by atoms with E-state index in [0.29, 0.717) is 17.4 Å². The first kappa shape index (κ1) is 14.8. The molecule has 1 aromatic heterocycles. The van der Waals surface area contributed by atoms with Crippen molar-refractivity contribution in [1.82, 2.24) is 9.97 Å². The van der Waals surface area contributed by atoms with Crippen LogP contribution in [0.4, 0.5) is 11.6 Å². The zero-order valence-corrected chi connectivity index (χ0v) is 13.4. The molecule has 0 bridgehead atoms. The summed E-state index contributed by atoms with van der Waals surface area (Å²) in [5.74, 6) is 0.678. The second kappa shape index (κ2) is 6.35. The van der Waals surface area contributed by atoms with Crippen LogP contribution in [0.2, 0.25) is 0 Å². The Morgan fingerprint density at radius 1 is 1.00 bits per heavy atom. The lowest BCUT2D eigenvalue weighted by Gasteiger charge is -2.33. The summed E-state index contributed by atoms with van der Waals surface area (Å²) in [6.45, 7) is 1.76. The number of hydrogen-bond donors (Lipinski definition) is 2. The first-order valence-corrected chi connectivity index (χ1v) is 8.35. The molecule has 2 N–H and O–H groups in total. The molecule has 0 radical (unpaired) electrons. The lowest BCUT2D eigenvalue weighted by molar-refractivity contribution is 0.520. The van der Waals surface area contributed by atoms with E-state index in [4.69, 9.17) is 0 Å². The van der Waals surface area contributed by atoms with Gasteiger partial charge < -0.3 is 10.2 Å². The van der Waals surface area contributed by atoms with Gasteiger partial charge in [-0.3, -0.25) is 9.78 Å². The maximum Gasteiger partial charge on any atom is 0.260 e. The van der Waals surface area contributed by atoms with Crippen LogP contribution in [0.3, 0.4) is 0 Å². The first-order chi connectivity index (χ1) is 11.8. The van der Waals surface area contributed by atoms with E-state index in [0.717, 1.165) is 37.1 Å². The molecule has 5 heteroatoms.